The quantitative estimate of drug-likeness (QED) is 0.445. The molecule has 1 fully saturated rings. The summed E-state index contributed by atoms with van der Waals surface area (Å²) in [5.74, 6) is 0.828. The maximum atomic E-state index is 12.4. The van der Waals surface area contributed by atoms with Gasteiger partial charge in [0, 0.05) is 42.3 Å². The van der Waals surface area contributed by atoms with E-state index in [1.165, 1.54) is 5.56 Å². The summed E-state index contributed by atoms with van der Waals surface area (Å²) in [5, 5.41) is 4.55. The van der Waals surface area contributed by atoms with Crippen LogP contribution in [0.3, 0.4) is 0 Å². The molecule has 2 aromatic heterocycles. The molecule has 1 aliphatic rings. The standard InChI is InChI=1S/C26H26N4O2/c1-17-6-5-7-20(14-17)30-15-23(22-9-4-3-8-21(22)18(2)31)24-25(27-16-28-26(24)30)29-19-10-12-32-13-11-19/h3-9,14-16,19H,10-13H2,1-2H3,(H,27,28,29). The van der Waals surface area contributed by atoms with Crippen LogP contribution in [0.5, 0.6) is 0 Å². The number of aromatic nitrogens is 3. The number of nitrogens with zero attached hydrogens (tertiary/aromatic N) is 3. The van der Waals surface area contributed by atoms with Gasteiger partial charge in [0.2, 0.25) is 0 Å². The molecule has 0 spiro atoms. The summed E-state index contributed by atoms with van der Waals surface area (Å²) in [6, 6.07) is 16.4. The van der Waals surface area contributed by atoms with Gasteiger partial charge < -0.3 is 14.6 Å². The number of nitrogens with one attached hydrogen (secondary N) is 1. The third-order valence-electron chi connectivity index (χ3n) is 6.02. The van der Waals surface area contributed by atoms with Crippen molar-refractivity contribution in [2.45, 2.75) is 32.7 Å². The van der Waals surface area contributed by atoms with Crippen molar-refractivity contribution in [3.8, 4) is 16.8 Å². The average Bonchev–Trinajstić information content (AvgIpc) is 3.20. The average molecular weight is 427 g/mol. The molecule has 0 unspecified atom stereocenters. The number of carbonyl (C=O) groups excluding carboxylic acids is 1. The highest BCUT2D eigenvalue weighted by atomic mass is 16.5. The zero-order valence-electron chi connectivity index (χ0n) is 18.3. The topological polar surface area (TPSA) is 69.0 Å². The summed E-state index contributed by atoms with van der Waals surface area (Å²) in [6.07, 6.45) is 5.55. The SMILES string of the molecule is CC(=O)c1ccccc1-c1cn(-c2cccc(C)c2)c2ncnc(NC3CCOCC3)c12. The van der Waals surface area contributed by atoms with E-state index in [1.54, 1.807) is 13.3 Å². The molecule has 0 aliphatic carbocycles. The third kappa shape index (κ3) is 3.78. The number of ketones is 1. The van der Waals surface area contributed by atoms with E-state index in [0.717, 1.165) is 59.7 Å². The van der Waals surface area contributed by atoms with Gasteiger partial charge in [-0.25, -0.2) is 9.97 Å². The number of carbonyl (C=O) groups is 1. The Morgan fingerprint density at radius 2 is 1.88 bits per heavy atom. The molecule has 4 aromatic rings. The first-order chi connectivity index (χ1) is 15.6. The highest BCUT2D eigenvalue weighted by Gasteiger charge is 2.22. The lowest BCUT2D eigenvalue weighted by atomic mass is 9.97. The van der Waals surface area contributed by atoms with Gasteiger partial charge in [-0.2, -0.15) is 0 Å². The van der Waals surface area contributed by atoms with E-state index in [0.29, 0.717) is 11.6 Å². The van der Waals surface area contributed by atoms with Crippen LogP contribution in [0.15, 0.2) is 61.1 Å². The summed E-state index contributed by atoms with van der Waals surface area (Å²) >= 11 is 0. The molecule has 6 nitrogen and oxygen atoms in total. The Hall–Kier alpha value is -3.51. The Labute approximate surface area is 187 Å². The Bertz CT molecular complexity index is 1290. The monoisotopic (exact) mass is 426 g/mol. The molecule has 1 saturated heterocycles. The van der Waals surface area contributed by atoms with E-state index >= 15 is 0 Å². The first-order valence-corrected chi connectivity index (χ1v) is 11.0. The van der Waals surface area contributed by atoms with Gasteiger partial charge in [-0.05, 0) is 49.9 Å². The molecule has 3 heterocycles. The molecule has 162 valence electrons. The first kappa shape index (κ1) is 20.4. The Kier molecular flexibility index (Phi) is 5.45. The lowest BCUT2D eigenvalue weighted by Gasteiger charge is -2.24. The van der Waals surface area contributed by atoms with Crippen LogP contribution in [0.4, 0.5) is 5.82 Å². The van der Waals surface area contributed by atoms with E-state index in [2.05, 4.69) is 51.2 Å². The van der Waals surface area contributed by atoms with E-state index in [4.69, 9.17) is 4.74 Å². The summed E-state index contributed by atoms with van der Waals surface area (Å²) in [6.45, 7) is 5.18. The first-order valence-electron chi connectivity index (χ1n) is 11.0. The smallest absolute Gasteiger partial charge is 0.160 e. The number of hydrogen-bond acceptors (Lipinski definition) is 5. The van der Waals surface area contributed by atoms with Crippen molar-refractivity contribution in [3.63, 3.8) is 0 Å². The molecular formula is C26H26N4O2. The van der Waals surface area contributed by atoms with Crippen LogP contribution in [-0.4, -0.2) is 39.6 Å². The van der Waals surface area contributed by atoms with Crippen LogP contribution in [0.25, 0.3) is 27.8 Å². The van der Waals surface area contributed by atoms with Gasteiger partial charge in [0.05, 0.1) is 5.39 Å². The van der Waals surface area contributed by atoms with Crippen molar-refractivity contribution in [3.05, 3.63) is 72.2 Å². The summed E-state index contributed by atoms with van der Waals surface area (Å²) in [7, 11) is 0. The molecule has 32 heavy (non-hydrogen) atoms. The molecule has 2 aromatic carbocycles. The van der Waals surface area contributed by atoms with E-state index in [1.807, 2.05) is 30.3 Å². The molecule has 5 rings (SSSR count). The number of aryl methyl sites for hydroxylation is 1. The van der Waals surface area contributed by atoms with Gasteiger partial charge >= 0.3 is 0 Å². The second kappa shape index (κ2) is 8.55. The summed E-state index contributed by atoms with van der Waals surface area (Å²) < 4.78 is 7.61. The highest BCUT2D eigenvalue weighted by molar-refractivity contribution is 6.08. The van der Waals surface area contributed by atoms with Gasteiger partial charge in [0.15, 0.2) is 11.4 Å². The molecule has 0 saturated carbocycles. The number of anilines is 1. The molecule has 0 atom stereocenters. The number of fused-ring (bicyclic) bond motifs is 1. The summed E-state index contributed by atoms with van der Waals surface area (Å²) in [4.78, 5) is 21.7. The Morgan fingerprint density at radius 1 is 1.06 bits per heavy atom. The van der Waals surface area contributed by atoms with E-state index in [9.17, 15) is 4.79 Å². The van der Waals surface area contributed by atoms with Crippen LogP contribution >= 0.6 is 0 Å². The lowest BCUT2D eigenvalue weighted by molar-refractivity contribution is 0.0904. The number of rotatable bonds is 5. The normalized spacial score (nSPS) is 14.6. The predicted octanol–water partition coefficient (Wildman–Crippen LogP) is 5.19. The van der Waals surface area contributed by atoms with Crippen molar-refractivity contribution < 1.29 is 9.53 Å². The maximum Gasteiger partial charge on any atom is 0.160 e. The van der Waals surface area contributed by atoms with Crippen molar-refractivity contribution in [1.29, 1.82) is 0 Å². The van der Waals surface area contributed by atoms with Crippen molar-refractivity contribution in [2.75, 3.05) is 18.5 Å². The number of Topliss-reactive ketones (excluding diaryl/α,β-unsaturated/α-hetero) is 1. The van der Waals surface area contributed by atoms with Gasteiger partial charge in [-0.3, -0.25) is 4.79 Å². The van der Waals surface area contributed by atoms with Gasteiger partial charge in [-0.15, -0.1) is 0 Å². The second-order valence-electron chi connectivity index (χ2n) is 8.31. The Morgan fingerprint density at radius 3 is 2.66 bits per heavy atom. The molecule has 6 heteroatoms. The fourth-order valence-electron chi connectivity index (χ4n) is 4.41. The largest absolute Gasteiger partial charge is 0.381 e. The van der Waals surface area contributed by atoms with E-state index in [-0.39, 0.29) is 5.78 Å². The van der Waals surface area contributed by atoms with Crippen molar-refractivity contribution >= 4 is 22.6 Å². The van der Waals surface area contributed by atoms with Crippen LogP contribution in [-0.2, 0) is 4.74 Å². The van der Waals surface area contributed by atoms with Gasteiger partial charge in [0.1, 0.15) is 12.1 Å². The fourth-order valence-corrected chi connectivity index (χ4v) is 4.41. The molecule has 0 amide bonds. The molecule has 0 bridgehead atoms. The van der Waals surface area contributed by atoms with Gasteiger partial charge in [-0.1, -0.05) is 36.4 Å². The minimum atomic E-state index is 0.0350. The number of benzene rings is 2. The third-order valence-corrected chi connectivity index (χ3v) is 6.02. The summed E-state index contributed by atoms with van der Waals surface area (Å²) in [5.41, 5.74) is 5.54. The maximum absolute atomic E-state index is 12.4. The minimum Gasteiger partial charge on any atom is -0.381 e. The Balaban J connectivity index is 1.75. The molecule has 1 N–H and O–H groups in total. The van der Waals surface area contributed by atoms with Crippen LogP contribution in [0.1, 0.15) is 35.7 Å². The zero-order valence-corrected chi connectivity index (χ0v) is 18.3. The number of ether oxygens (including phenoxy) is 1. The van der Waals surface area contributed by atoms with Crippen LogP contribution in [0, 0.1) is 6.92 Å². The minimum absolute atomic E-state index is 0.0350. The second-order valence-corrected chi connectivity index (χ2v) is 8.31. The molecular weight excluding hydrogens is 400 g/mol. The zero-order chi connectivity index (χ0) is 22.1. The fraction of sp³-hybridized carbons (Fsp3) is 0.269. The van der Waals surface area contributed by atoms with Crippen molar-refractivity contribution in [2.24, 2.45) is 0 Å². The number of hydrogen-bond donors (Lipinski definition) is 1. The van der Waals surface area contributed by atoms with Crippen LogP contribution in [0.2, 0.25) is 0 Å². The molecule has 1 aliphatic heterocycles. The lowest BCUT2D eigenvalue weighted by Crippen LogP contribution is -2.28. The van der Waals surface area contributed by atoms with E-state index < -0.39 is 0 Å². The predicted molar refractivity (Wildman–Crippen MR) is 127 cm³/mol. The highest BCUT2D eigenvalue weighted by Crippen LogP contribution is 2.37. The van der Waals surface area contributed by atoms with Crippen LogP contribution < -0.4 is 5.32 Å². The van der Waals surface area contributed by atoms with Gasteiger partial charge in [0.25, 0.3) is 0 Å². The van der Waals surface area contributed by atoms with Crippen molar-refractivity contribution in [1.82, 2.24) is 14.5 Å². The molecule has 0 radical (unpaired) electrons.